The van der Waals surface area contributed by atoms with E-state index in [4.69, 9.17) is 12.2 Å². The van der Waals surface area contributed by atoms with Crippen molar-refractivity contribution in [3.63, 3.8) is 0 Å². The van der Waals surface area contributed by atoms with Crippen molar-refractivity contribution in [3.05, 3.63) is 16.7 Å². The van der Waals surface area contributed by atoms with E-state index in [0.29, 0.717) is 5.92 Å². The molecule has 0 aromatic carbocycles. The number of rotatable bonds is 4. The van der Waals surface area contributed by atoms with Gasteiger partial charge in [0.1, 0.15) is 0 Å². The van der Waals surface area contributed by atoms with Gasteiger partial charge in [0.05, 0.1) is 0 Å². The maximum Gasteiger partial charge on any atom is 0.177 e. The first-order valence-corrected chi connectivity index (χ1v) is 6.18. The van der Waals surface area contributed by atoms with E-state index >= 15 is 0 Å². The molecule has 0 aliphatic heterocycles. The Bertz CT molecular complexity index is 314. The molecule has 0 bridgehead atoms. The highest BCUT2D eigenvalue weighted by atomic mass is 32.2. The maximum absolute atomic E-state index is 5.18. The summed E-state index contributed by atoms with van der Waals surface area (Å²) in [4.78, 5) is 3.13. The van der Waals surface area contributed by atoms with Crippen LogP contribution in [0.25, 0.3) is 0 Å². The molecule has 0 amide bonds. The molecule has 0 saturated carbocycles. The molecule has 0 radical (unpaired) electrons. The van der Waals surface area contributed by atoms with Crippen LogP contribution in [-0.4, -0.2) is 21.6 Å². The Morgan fingerprint density at radius 3 is 2.85 bits per heavy atom. The van der Waals surface area contributed by atoms with Gasteiger partial charge in [0.15, 0.2) is 4.77 Å². The smallest absolute Gasteiger partial charge is 0.177 e. The van der Waals surface area contributed by atoms with Crippen LogP contribution < -0.4 is 0 Å². The molecule has 1 N–H and O–H groups in total. The fourth-order valence-electron chi connectivity index (χ4n) is 1.37. The monoisotopic (exact) mass is 216 g/mol. The number of H-pyrrole nitrogens is 1. The lowest BCUT2D eigenvalue weighted by Gasteiger charge is -2.09. The van der Waals surface area contributed by atoms with E-state index in [1.165, 1.54) is 5.75 Å². The van der Waals surface area contributed by atoms with Crippen molar-refractivity contribution in [1.82, 2.24) is 9.55 Å². The first-order chi connectivity index (χ1) is 6.13. The number of hydrogen-bond acceptors (Lipinski definition) is 2. The fraction of sp³-hybridized carbons (Fsp3) is 0.667. The zero-order valence-electron chi connectivity index (χ0n) is 8.33. The van der Waals surface area contributed by atoms with Gasteiger partial charge in [0, 0.05) is 18.4 Å². The summed E-state index contributed by atoms with van der Waals surface area (Å²) < 4.78 is 2.96. The second kappa shape index (κ2) is 4.86. The Kier molecular flexibility index (Phi) is 4.06. The second-order valence-corrected chi connectivity index (χ2v) is 4.75. The third-order valence-electron chi connectivity index (χ3n) is 1.87. The van der Waals surface area contributed by atoms with Crippen molar-refractivity contribution in [2.24, 2.45) is 5.92 Å². The molecule has 0 spiro atoms. The van der Waals surface area contributed by atoms with E-state index in [9.17, 15) is 0 Å². The van der Waals surface area contributed by atoms with Gasteiger partial charge in [-0.1, -0.05) is 6.92 Å². The molecular weight excluding hydrogens is 200 g/mol. The van der Waals surface area contributed by atoms with Crippen LogP contribution in [0.2, 0.25) is 0 Å². The molecule has 0 saturated heterocycles. The van der Waals surface area contributed by atoms with Crippen LogP contribution in [0.5, 0.6) is 0 Å². The van der Waals surface area contributed by atoms with E-state index in [2.05, 4.69) is 28.9 Å². The minimum absolute atomic E-state index is 0.678. The van der Waals surface area contributed by atoms with Crippen molar-refractivity contribution >= 4 is 24.0 Å². The van der Waals surface area contributed by atoms with Gasteiger partial charge in [-0.15, -0.1) is 0 Å². The predicted molar refractivity (Wildman–Crippen MR) is 61.9 cm³/mol. The number of nitrogens with zero attached hydrogens (tertiary/aromatic N) is 1. The van der Waals surface area contributed by atoms with Gasteiger partial charge in [0.2, 0.25) is 0 Å². The van der Waals surface area contributed by atoms with Crippen molar-refractivity contribution in [3.8, 4) is 0 Å². The molecule has 0 aliphatic rings. The summed E-state index contributed by atoms with van der Waals surface area (Å²) in [5.41, 5.74) is 1.14. The lowest BCUT2D eigenvalue weighted by Crippen LogP contribution is -2.08. The summed E-state index contributed by atoms with van der Waals surface area (Å²) in [6.07, 6.45) is 4.22. The third kappa shape index (κ3) is 3.19. The lowest BCUT2D eigenvalue weighted by molar-refractivity contribution is 0.526. The van der Waals surface area contributed by atoms with Crippen LogP contribution in [0, 0.1) is 17.6 Å². The topological polar surface area (TPSA) is 20.7 Å². The summed E-state index contributed by atoms with van der Waals surface area (Å²) in [6, 6.07) is 0. The fourth-order valence-corrected chi connectivity index (χ4v) is 2.34. The molecular formula is C9H16N2S2. The summed E-state index contributed by atoms with van der Waals surface area (Å²) in [5, 5.41) is 0. The summed E-state index contributed by atoms with van der Waals surface area (Å²) in [5.74, 6) is 1.86. The number of aromatic nitrogens is 2. The number of hydrogen-bond donors (Lipinski definition) is 1. The van der Waals surface area contributed by atoms with Crippen LogP contribution in [0.15, 0.2) is 6.20 Å². The average Bonchev–Trinajstić information content (AvgIpc) is 2.30. The zero-order valence-corrected chi connectivity index (χ0v) is 9.97. The Balaban J connectivity index is 2.63. The summed E-state index contributed by atoms with van der Waals surface area (Å²) in [7, 11) is 0. The Labute approximate surface area is 88.7 Å². The summed E-state index contributed by atoms with van der Waals surface area (Å²) >= 11 is 7.06. The molecule has 1 heterocycles. The maximum atomic E-state index is 5.18. The van der Waals surface area contributed by atoms with Crippen molar-refractivity contribution in [2.45, 2.75) is 20.4 Å². The number of thioether (sulfide) groups is 1. The van der Waals surface area contributed by atoms with Gasteiger partial charge in [0.25, 0.3) is 0 Å². The minimum atomic E-state index is 0.678. The largest absolute Gasteiger partial charge is 0.335 e. The zero-order chi connectivity index (χ0) is 9.84. The SMILES string of the molecule is CSCC(C)Cn1cc(C)[nH]c1=S. The summed E-state index contributed by atoms with van der Waals surface area (Å²) in [6.45, 7) is 5.30. The van der Waals surface area contributed by atoms with Gasteiger partial charge in [-0.2, -0.15) is 11.8 Å². The molecule has 0 aliphatic carbocycles. The van der Waals surface area contributed by atoms with E-state index in [0.717, 1.165) is 17.0 Å². The third-order valence-corrected chi connectivity index (χ3v) is 3.11. The van der Waals surface area contributed by atoms with Gasteiger partial charge >= 0.3 is 0 Å². The molecule has 1 aromatic heterocycles. The van der Waals surface area contributed by atoms with Crippen LogP contribution >= 0.6 is 24.0 Å². The van der Waals surface area contributed by atoms with Gasteiger partial charge in [-0.25, -0.2) is 0 Å². The highest BCUT2D eigenvalue weighted by Gasteiger charge is 2.03. The highest BCUT2D eigenvalue weighted by Crippen LogP contribution is 2.08. The van der Waals surface area contributed by atoms with Gasteiger partial charge in [-0.3, -0.25) is 0 Å². The lowest BCUT2D eigenvalue weighted by atomic mass is 10.2. The molecule has 1 aromatic rings. The van der Waals surface area contributed by atoms with Gasteiger partial charge in [-0.05, 0) is 37.1 Å². The second-order valence-electron chi connectivity index (χ2n) is 3.46. The first kappa shape index (κ1) is 10.9. The quantitative estimate of drug-likeness (QED) is 0.781. The molecule has 2 nitrogen and oxygen atoms in total. The number of aryl methyl sites for hydroxylation is 1. The molecule has 4 heteroatoms. The molecule has 13 heavy (non-hydrogen) atoms. The average molecular weight is 216 g/mol. The Morgan fingerprint density at radius 2 is 2.38 bits per heavy atom. The van der Waals surface area contributed by atoms with Gasteiger partial charge < -0.3 is 9.55 Å². The van der Waals surface area contributed by atoms with Crippen LogP contribution in [-0.2, 0) is 6.54 Å². The molecule has 1 unspecified atom stereocenters. The van der Waals surface area contributed by atoms with Crippen molar-refractivity contribution in [2.75, 3.05) is 12.0 Å². The molecule has 0 fully saturated rings. The number of nitrogens with one attached hydrogen (secondary N) is 1. The van der Waals surface area contributed by atoms with Crippen LogP contribution in [0.4, 0.5) is 0 Å². The minimum Gasteiger partial charge on any atom is -0.335 e. The predicted octanol–water partition coefficient (Wildman–Crippen LogP) is 2.85. The van der Waals surface area contributed by atoms with Crippen molar-refractivity contribution < 1.29 is 0 Å². The number of imidazole rings is 1. The Morgan fingerprint density at radius 1 is 1.69 bits per heavy atom. The highest BCUT2D eigenvalue weighted by molar-refractivity contribution is 7.98. The van der Waals surface area contributed by atoms with E-state index in [1.54, 1.807) is 0 Å². The normalized spacial score (nSPS) is 13.2. The van der Waals surface area contributed by atoms with Crippen LogP contribution in [0.3, 0.4) is 0 Å². The van der Waals surface area contributed by atoms with Crippen LogP contribution in [0.1, 0.15) is 12.6 Å². The molecule has 1 rings (SSSR count). The van der Waals surface area contributed by atoms with E-state index in [1.807, 2.05) is 18.7 Å². The number of aromatic amines is 1. The first-order valence-electron chi connectivity index (χ1n) is 4.38. The Hall–Kier alpha value is -0.220. The molecule has 74 valence electrons. The molecule has 1 atom stereocenters. The van der Waals surface area contributed by atoms with E-state index < -0.39 is 0 Å². The standard InChI is InChI=1S/C9H16N2S2/c1-7(6-13-3)4-11-5-8(2)10-9(11)12/h5,7H,4,6H2,1-3H3,(H,10,12). The van der Waals surface area contributed by atoms with E-state index in [-0.39, 0.29) is 0 Å². The van der Waals surface area contributed by atoms with Crippen molar-refractivity contribution in [1.29, 1.82) is 0 Å².